The summed E-state index contributed by atoms with van der Waals surface area (Å²) in [6.45, 7) is 37.6. The molecule has 0 saturated carbocycles. The van der Waals surface area contributed by atoms with E-state index in [0.29, 0.717) is 120 Å². The number of carbonyl (C=O) groups excluding carboxylic acids is 3. The second-order valence-corrected chi connectivity index (χ2v) is 31.1. The molecule has 30 nitrogen and oxygen atoms in total. The van der Waals surface area contributed by atoms with Gasteiger partial charge in [0.2, 0.25) is 17.8 Å². The fourth-order valence-corrected chi connectivity index (χ4v) is 17.3. The molecule has 0 bridgehead atoms. The molecule has 582 valence electrons. The number of hydrogen-bond acceptors (Lipinski definition) is 30. The number of methoxy groups -OCH3 is 1. The van der Waals surface area contributed by atoms with Gasteiger partial charge in [0.25, 0.3) is 17.7 Å². The number of amides is 3. The molecule has 9 aromatic rings. The van der Waals surface area contributed by atoms with Crippen LogP contribution in [0.25, 0.3) is 0 Å². The molecule has 3 aromatic carbocycles. The Kier molecular flexibility index (Phi) is 24.1. The maximum Gasteiger partial charge on any atom is 0.280 e. The Morgan fingerprint density at radius 2 is 0.773 bits per heavy atom. The largest absolute Gasteiger partial charge is 0.494 e. The summed E-state index contributed by atoms with van der Waals surface area (Å²) in [7, 11) is 8.14. The molecule has 12 heterocycles. The van der Waals surface area contributed by atoms with E-state index in [1.165, 1.54) is 45.4 Å². The van der Waals surface area contributed by atoms with Gasteiger partial charge in [-0.05, 0) is 145 Å². The number of aromatic nitrogens is 9. The number of nitrogens with zero attached hydrogens (tertiary/aromatic N) is 21. The zero-order valence-corrected chi connectivity index (χ0v) is 68.0. The zero-order chi connectivity index (χ0) is 77.8. The van der Waals surface area contributed by atoms with Crippen LogP contribution in [0.15, 0.2) is 67.1 Å². The Balaban J connectivity index is 0.000000145. The Hall–Kier alpha value is -10.2. The molecule has 3 fully saturated rings. The number of aryl methyl sites for hydroxylation is 5. The first-order valence-electron chi connectivity index (χ1n) is 37.8. The third kappa shape index (κ3) is 16.1. The summed E-state index contributed by atoms with van der Waals surface area (Å²) < 4.78 is 11.7. The van der Waals surface area contributed by atoms with Crippen LogP contribution in [-0.4, -0.2) is 242 Å². The molecule has 110 heavy (non-hydrogen) atoms. The van der Waals surface area contributed by atoms with Crippen molar-refractivity contribution in [1.82, 2.24) is 59.6 Å². The summed E-state index contributed by atoms with van der Waals surface area (Å²) in [6, 6.07) is 16.7. The summed E-state index contributed by atoms with van der Waals surface area (Å²) in [6.07, 6.45) is 5.15. The highest BCUT2D eigenvalue weighted by Gasteiger charge is 2.38. The molecule has 6 aromatic heterocycles. The average Bonchev–Trinajstić information content (AvgIpc) is 1.69. The Labute approximate surface area is 655 Å². The van der Waals surface area contributed by atoms with Crippen molar-refractivity contribution in [2.75, 3.05) is 219 Å². The monoisotopic (exact) mass is 1550 g/mol. The van der Waals surface area contributed by atoms with Gasteiger partial charge in [-0.3, -0.25) is 14.4 Å². The normalized spacial score (nSPS) is 16.0. The highest BCUT2D eigenvalue weighted by atomic mass is 32.1. The standard InChI is InChI=1S/C26H34N8O3S.C26H34N8O2S.C25H32N8OS/c1-5-33-20-16-27-26(30-23(20)34(6-2)25-22(24(33)36)28-17(3)38-25)29-19-8-7-18(15-21(19)37-14-13-35)32-11-9-31(4)10-12-32;1-7-33-20-15-27-26(30-23(20)34(8-2)25-22(24(33)35)28-17(4)37-25)29-18-13-16(3)19(14-21(18)36-6)32-11-9-31(5)10-12-32;1-6-32-20-15-26-25(29-22(20)33(7-2)24-21(23(32)34)27-17(4)35-24)28-19-9-8-18(14-16(19)3)31-12-10-30(5)11-13-31/h7-8,15-16,35H,5-6,9-14H2,1-4H3,(H,27,29,30);13-15H,7-12H2,1-6H3,(H,27,29,30);8-9,14-15H,6-7,10-13H2,1-5H3,(H,26,28,29). The van der Waals surface area contributed by atoms with Gasteiger partial charge in [-0.15, -0.1) is 34.0 Å². The minimum atomic E-state index is -0.146. The topological polar surface area (TPSA) is 281 Å². The van der Waals surface area contributed by atoms with Crippen molar-refractivity contribution < 1.29 is 29.0 Å². The van der Waals surface area contributed by atoms with E-state index in [1.54, 1.807) is 40.4 Å². The first-order valence-corrected chi connectivity index (χ1v) is 40.2. The van der Waals surface area contributed by atoms with Crippen LogP contribution in [0.1, 0.15) is 99.2 Å². The van der Waals surface area contributed by atoms with Crippen LogP contribution in [0.3, 0.4) is 0 Å². The first kappa shape index (κ1) is 78.0. The second kappa shape index (κ2) is 34.0. The number of benzene rings is 3. The van der Waals surface area contributed by atoms with Gasteiger partial charge in [-0.2, -0.15) is 15.0 Å². The van der Waals surface area contributed by atoms with Crippen molar-refractivity contribution in [3.05, 3.63) is 110 Å². The lowest BCUT2D eigenvalue weighted by Gasteiger charge is -2.35. The van der Waals surface area contributed by atoms with Gasteiger partial charge >= 0.3 is 0 Å². The number of fused-ring (bicyclic) bond motifs is 6. The summed E-state index contributed by atoms with van der Waals surface area (Å²) in [5.74, 6) is 4.35. The molecule has 6 aliphatic rings. The molecular formula is C77H100N24O6S3. The van der Waals surface area contributed by atoms with E-state index in [1.807, 2.05) is 72.4 Å². The molecule has 33 heteroatoms. The molecule has 0 radical (unpaired) electrons. The van der Waals surface area contributed by atoms with Gasteiger partial charge in [-0.1, -0.05) is 0 Å². The number of likely N-dealkylation sites (N-methyl/N-ethyl adjacent to an activating group) is 3. The van der Waals surface area contributed by atoms with E-state index in [0.717, 1.165) is 143 Å². The number of rotatable bonds is 19. The van der Waals surface area contributed by atoms with E-state index >= 15 is 0 Å². The molecule has 3 saturated heterocycles. The van der Waals surface area contributed by atoms with Crippen molar-refractivity contribution in [1.29, 1.82) is 0 Å². The minimum absolute atomic E-state index is 0.0868. The zero-order valence-electron chi connectivity index (χ0n) is 65.6. The molecule has 3 amide bonds. The molecule has 0 atom stereocenters. The third-order valence-electron chi connectivity index (χ3n) is 20.4. The number of carbonyl (C=O) groups is 3. The Morgan fingerprint density at radius 1 is 0.409 bits per heavy atom. The molecule has 0 aliphatic carbocycles. The molecule has 15 rings (SSSR count). The van der Waals surface area contributed by atoms with Crippen LogP contribution in [0.4, 0.5) is 101 Å². The van der Waals surface area contributed by atoms with Crippen LogP contribution in [0, 0.1) is 34.6 Å². The maximum absolute atomic E-state index is 13.3. The summed E-state index contributed by atoms with van der Waals surface area (Å²) in [4.78, 5) is 107. The van der Waals surface area contributed by atoms with Gasteiger partial charge in [0.1, 0.15) is 50.2 Å². The Morgan fingerprint density at radius 3 is 1.15 bits per heavy atom. The van der Waals surface area contributed by atoms with Crippen molar-refractivity contribution in [2.45, 2.75) is 76.2 Å². The quantitative estimate of drug-likeness (QED) is 0.0585. The fourth-order valence-electron chi connectivity index (χ4n) is 14.4. The lowest BCUT2D eigenvalue weighted by Crippen LogP contribution is -2.44. The lowest BCUT2D eigenvalue weighted by atomic mass is 10.1. The number of aliphatic hydroxyl groups excluding tert-OH is 1. The molecule has 0 spiro atoms. The molecule has 0 unspecified atom stereocenters. The predicted molar refractivity (Wildman–Crippen MR) is 444 cm³/mol. The molecular weight excluding hydrogens is 1450 g/mol. The van der Waals surface area contributed by atoms with Gasteiger partial charge in [0.05, 0.1) is 58.7 Å². The van der Waals surface area contributed by atoms with E-state index in [-0.39, 0.29) is 30.9 Å². The van der Waals surface area contributed by atoms with Crippen LogP contribution in [0.2, 0.25) is 0 Å². The first-order chi connectivity index (χ1) is 53.2. The highest BCUT2D eigenvalue weighted by molar-refractivity contribution is 7.17. The molecule has 6 aliphatic heterocycles. The predicted octanol–water partition coefficient (Wildman–Crippen LogP) is 11.6. The second-order valence-electron chi connectivity index (χ2n) is 27.6. The number of thiazole rings is 3. The number of piperazine rings is 3. The number of aliphatic hydroxyl groups is 1. The van der Waals surface area contributed by atoms with Gasteiger partial charge in [0, 0.05) is 153 Å². The smallest absolute Gasteiger partial charge is 0.280 e. The van der Waals surface area contributed by atoms with E-state index < -0.39 is 0 Å². The minimum Gasteiger partial charge on any atom is -0.494 e. The van der Waals surface area contributed by atoms with Crippen molar-refractivity contribution in [3.63, 3.8) is 0 Å². The summed E-state index contributed by atoms with van der Waals surface area (Å²) in [5, 5.41) is 24.5. The van der Waals surface area contributed by atoms with E-state index in [2.05, 4.69) is 163 Å². The lowest BCUT2D eigenvalue weighted by molar-refractivity contribution is 0.0977. The number of ether oxygens (including phenoxy) is 2. The Bertz CT molecular complexity index is 4820. The van der Waals surface area contributed by atoms with Gasteiger partial charge in [-0.25, -0.2) is 29.9 Å². The van der Waals surface area contributed by atoms with Gasteiger partial charge in [0.15, 0.2) is 34.5 Å². The van der Waals surface area contributed by atoms with Crippen LogP contribution < -0.4 is 69.5 Å². The van der Waals surface area contributed by atoms with E-state index in [9.17, 15) is 19.5 Å². The number of hydrogen-bond donors (Lipinski definition) is 4. The van der Waals surface area contributed by atoms with Crippen molar-refractivity contribution >= 4 is 153 Å². The van der Waals surface area contributed by atoms with E-state index in [4.69, 9.17) is 24.4 Å². The number of nitrogens with one attached hydrogen (secondary N) is 3. The van der Waals surface area contributed by atoms with Gasteiger partial charge < -0.3 is 89.3 Å². The average molecular weight is 1550 g/mol. The summed E-state index contributed by atoms with van der Waals surface area (Å²) in [5.41, 5.74) is 11.7. The SMILES string of the molecule is CCN1C(=O)c2nc(C)sc2N(CC)c2nc(Nc3cc(C)c(N4CCN(C)CC4)cc3OC)ncc21.CCN1C(=O)c2nc(C)sc2N(CC)c2nc(Nc3ccc(N4CCN(C)CC4)cc3C)ncc21.CCN1C(=O)c2nc(C)sc2N(CC)c2nc(Nc3ccc(N4CCN(C)CC4)cc3OCCO)ncc21. The maximum atomic E-state index is 13.3. The van der Waals surface area contributed by atoms with Crippen LogP contribution >= 0.6 is 34.0 Å². The van der Waals surface area contributed by atoms with Crippen LogP contribution in [0.5, 0.6) is 11.5 Å². The highest BCUT2D eigenvalue weighted by Crippen LogP contribution is 2.47. The van der Waals surface area contributed by atoms with Crippen molar-refractivity contribution in [2.24, 2.45) is 0 Å². The third-order valence-corrected chi connectivity index (χ3v) is 23.4. The number of anilines is 18. The molecule has 4 N–H and O–H groups in total. The van der Waals surface area contributed by atoms with Crippen LogP contribution in [-0.2, 0) is 0 Å². The fraction of sp³-hybridized carbons (Fsp3) is 0.455. The van der Waals surface area contributed by atoms with Crippen molar-refractivity contribution in [3.8, 4) is 11.5 Å². The summed E-state index contributed by atoms with van der Waals surface area (Å²) >= 11 is 4.52.